The maximum Gasteiger partial charge on any atom is 0.224 e. The molecule has 0 unspecified atom stereocenters. The highest BCUT2D eigenvalue weighted by Crippen LogP contribution is 2.10. The van der Waals surface area contributed by atoms with E-state index in [-0.39, 0.29) is 5.91 Å². The second-order valence-corrected chi connectivity index (χ2v) is 4.37. The van der Waals surface area contributed by atoms with Crippen LogP contribution < -0.4 is 11.1 Å². The van der Waals surface area contributed by atoms with Crippen molar-refractivity contribution >= 4 is 11.6 Å². The van der Waals surface area contributed by atoms with E-state index >= 15 is 0 Å². The number of hydrogen-bond donors (Lipinski definition) is 2. The van der Waals surface area contributed by atoms with E-state index in [4.69, 9.17) is 5.73 Å². The predicted molar refractivity (Wildman–Crippen MR) is 71.9 cm³/mol. The van der Waals surface area contributed by atoms with Crippen LogP contribution in [0, 0.1) is 6.92 Å². The zero-order valence-electron chi connectivity index (χ0n) is 10.5. The fraction of sp³-hybridized carbons (Fsp3) is 0.500. The largest absolute Gasteiger partial charge is 0.330 e. The average Bonchev–Trinajstić information content (AvgIpc) is 2.32. The molecule has 17 heavy (non-hydrogen) atoms. The Morgan fingerprint density at radius 3 is 2.41 bits per heavy atom. The van der Waals surface area contributed by atoms with Gasteiger partial charge >= 0.3 is 0 Å². The van der Waals surface area contributed by atoms with Gasteiger partial charge in [-0.2, -0.15) is 0 Å². The van der Waals surface area contributed by atoms with Crippen LogP contribution in [-0.4, -0.2) is 12.5 Å². The number of nitrogens with two attached hydrogens (primary N) is 1. The lowest BCUT2D eigenvalue weighted by atomic mass is 10.1. The molecule has 0 aliphatic carbocycles. The Bertz CT molecular complexity index is 333. The number of carbonyl (C=O) groups is 1. The summed E-state index contributed by atoms with van der Waals surface area (Å²) < 4.78 is 0. The molecule has 0 aliphatic heterocycles. The number of nitrogens with one attached hydrogen (secondary N) is 1. The minimum Gasteiger partial charge on any atom is -0.330 e. The highest BCUT2D eigenvalue weighted by atomic mass is 16.1. The minimum atomic E-state index is 0.0987. The molecule has 0 atom stereocenters. The number of carbonyl (C=O) groups excluding carboxylic acids is 1. The lowest BCUT2D eigenvalue weighted by molar-refractivity contribution is -0.116. The normalized spacial score (nSPS) is 10.2. The molecule has 0 spiro atoms. The molecule has 3 N–H and O–H groups in total. The van der Waals surface area contributed by atoms with Crippen LogP contribution in [0.4, 0.5) is 5.69 Å². The Hall–Kier alpha value is -1.35. The van der Waals surface area contributed by atoms with Crippen LogP contribution in [0.25, 0.3) is 0 Å². The number of aryl methyl sites for hydroxylation is 1. The van der Waals surface area contributed by atoms with E-state index in [1.807, 2.05) is 31.2 Å². The maximum atomic E-state index is 11.6. The van der Waals surface area contributed by atoms with Gasteiger partial charge in [0.05, 0.1) is 0 Å². The van der Waals surface area contributed by atoms with Crippen molar-refractivity contribution < 1.29 is 4.79 Å². The number of amides is 1. The van der Waals surface area contributed by atoms with Crippen molar-refractivity contribution in [3.8, 4) is 0 Å². The van der Waals surface area contributed by atoms with Gasteiger partial charge in [-0.3, -0.25) is 4.79 Å². The van der Waals surface area contributed by atoms with Gasteiger partial charge in [0.25, 0.3) is 0 Å². The molecular formula is C14H22N2O. The van der Waals surface area contributed by atoms with Crippen LogP contribution in [-0.2, 0) is 4.79 Å². The molecule has 1 amide bonds. The summed E-state index contributed by atoms with van der Waals surface area (Å²) in [7, 11) is 0. The third-order valence-electron chi connectivity index (χ3n) is 2.69. The standard InChI is InChI=1S/C14H22N2O/c1-12-7-9-13(10-8-12)16-14(17)6-4-2-3-5-11-15/h7-10H,2-6,11,15H2,1H3,(H,16,17). The summed E-state index contributed by atoms with van der Waals surface area (Å²) in [5.41, 5.74) is 7.48. The van der Waals surface area contributed by atoms with Gasteiger partial charge in [0.15, 0.2) is 0 Å². The first-order valence-corrected chi connectivity index (χ1v) is 6.29. The van der Waals surface area contributed by atoms with Gasteiger partial charge in [0.2, 0.25) is 5.91 Å². The molecule has 0 fully saturated rings. The smallest absolute Gasteiger partial charge is 0.224 e. The Morgan fingerprint density at radius 2 is 1.76 bits per heavy atom. The number of rotatable bonds is 7. The molecule has 0 saturated heterocycles. The fourth-order valence-corrected chi connectivity index (χ4v) is 1.64. The van der Waals surface area contributed by atoms with Gasteiger partial charge in [0.1, 0.15) is 0 Å². The molecule has 0 saturated carbocycles. The Balaban J connectivity index is 2.18. The highest BCUT2D eigenvalue weighted by molar-refractivity contribution is 5.90. The topological polar surface area (TPSA) is 55.1 Å². The minimum absolute atomic E-state index is 0.0987. The van der Waals surface area contributed by atoms with E-state index < -0.39 is 0 Å². The van der Waals surface area contributed by atoms with E-state index in [0.29, 0.717) is 6.42 Å². The van der Waals surface area contributed by atoms with Crippen LogP contribution >= 0.6 is 0 Å². The van der Waals surface area contributed by atoms with Crippen molar-refractivity contribution in [2.24, 2.45) is 5.73 Å². The van der Waals surface area contributed by atoms with E-state index in [0.717, 1.165) is 37.9 Å². The van der Waals surface area contributed by atoms with Crippen molar-refractivity contribution in [3.05, 3.63) is 29.8 Å². The average molecular weight is 234 g/mol. The van der Waals surface area contributed by atoms with Crippen LogP contribution in [0.15, 0.2) is 24.3 Å². The maximum absolute atomic E-state index is 11.6. The van der Waals surface area contributed by atoms with E-state index in [9.17, 15) is 4.79 Å². The zero-order chi connectivity index (χ0) is 12.5. The summed E-state index contributed by atoms with van der Waals surface area (Å²) >= 11 is 0. The number of unbranched alkanes of at least 4 members (excludes halogenated alkanes) is 3. The lowest BCUT2D eigenvalue weighted by Crippen LogP contribution is -2.11. The predicted octanol–water partition coefficient (Wildman–Crippen LogP) is 2.84. The number of benzene rings is 1. The summed E-state index contributed by atoms with van der Waals surface area (Å²) in [5.74, 6) is 0.0987. The monoisotopic (exact) mass is 234 g/mol. The third kappa shape index (κ3) is 6.07. The molecule has 0 bridgehead atoms. The van der Waals surface area contributed by atoms with E-state index in [2.05, 4.69) is 5.32 Å². The molecular weight excluding hydrogens is 212 g/mol. The Labute approximate surface area is 103 Å². The van der Waals surface area contributed by atoms with Crippen molar-refractivity contribution in [2.45, 2.75) is 39.0 Å². The first-order chi connectivity index (χ1) is 8.22. The molecule has 0 heterocycles. The van der Waals surface area contributed by atoms with Crippen molar-refractivity contribution in [1.82, 2.24) is 0 Å². The summed E-state index contributed by atoms with van der Waals surface area (Å²) in [4.78, 5) is 11.6. The molecule has 94 valence electrons. The molecule has 0 aromatic heterocycles. The van der Waals surface area contributed by atoms with Crippen LogP contribution in [0.5, 0.6) is 0 Å². The van der Waals surface area contributed by atoms with Crippen molar-refractivity contribution in [2.75, 3.05) is 11.9 Å². The highest BCUT2D eigenvalue weighted by Gasteiger charge is 2.01. The van der Waals surface area contributed by atoms with Crippen LogP contribution in [0.3, 0.4) is 0 Å². The summed E-state index contributed by atoms with van der Waals surface area (Å²) in [6.07, 6.45) is 4.79. The van der Waals surface area contributed by atoms with E-state index in [1.165, 1.54) is 5.56 Å². The molecule has 1 rings (SSSR count). The quantitative estimate of drug-likeness (QED) is 0.713. The zero-order valence-corrected chi connectivity index (χ0v) is 10.5. The Kier molecular flexibility index (Phi) is 6.33. The first-order valence-electron chi connectivity index (χ1n) is 6.29. The van der Waals surface area contributed by atoms with Crippen LogP contribution in [0.1, 0.15) is 37.7 Å². The first kappa shape index (κ1) is 13.7. The summed E-state index contributed by atoms with van der Waals surface area (Å²) in [5, 5.41) is 2.90. The summed E-state index contributed by atoms with van der Waals surface area (Å²) in [6.45, 7) is 2.78. The lowest BCUT2D eigenvalue weighted by Gasteiger charge is -2.05. The van der Waals surface area contributed by atoms with Crippen molar-refractivity contribution in [3.63, 3.8) is 0 Å². The van der Waals surface area contributed by atoms with Gasteiger partial charge in [0, 0.05) is 12.1 Å². The second-order valence-electron chi connectivity index (χ2n) is 4.37. The van der Waals surface area contributed by atoms with Crippen LogP contribution in [0.2, 0.25) is 0 Å². The molecule has 0 aliphatic rings. The fourth-order valence-electron chi connectivity index (χ4n) is 1.64. The SMILES string of the molecule is Cc1ccc(NC(=O)CCCCCCN)cc1. The van der Waals surface area contributed by atoms with Crippen molar-refractivity contribution in [1.29, 1.82) is 0 Å². The summed E-state index contributed by atoms with van der Waals surface area (Å²) in [6, 6.07) is 7.86. The molecule has 3 heteroatoms. The van der Waals surface area contributed by atoms with Gasteiger partial charge in [-0.05, 0) is 38.4 Å². The van der Waals surface area contributed by atoms with Gasteiger partial charge in [-0.25, -0.2) is 0 Å². The van der Waals surface area contributed by atoms with E-state index in [1.54, 1.807) is 0 Å². The van der Waals surface area contributed by atoms with Gasteiger partial charge < -0.3 is 11.1 Å². The Morgan fingerprint density at radius 1 is 1.12 bits per heavy atom. The molecule has 1 aromatic carbocycles. The number of hydrogen-bond acceptors (Lipinski definition) is 2. The van der Waals surface area contributed by atoms with Gasteiger partial charge in [-0.15, -0.1) is 0 Å². The molecule has 1 aromatic rings. The molecule has 0 radical (unpaired) electrons. The molecule has 3 nitrogen and oxygen atoms in total. The number of anilines is 1. The van der Waals surface area contributed by atoms with Gasteiger partial charge in [-0.1, -0.05) is 30.5 Å². The third-order valence-corrected chi connectivity index (χ3v) is 2.69. The second kappa shape index (κ2) is 7.85.